The summed E-state index contributed by atoms with van der Waals surface area (Å²) in [6.45, 7) is 1.56. The molecule has 10 nitrogen and oxygen atoms in total. The van der Waals surface area contributed by atoms with Gasteiger partial charge in [0.2, 0.25) is 5.91 Å². The number of anilines is 1. The quantitative estimate of drug-likeness (QED) is 0.234. The summed E-state index contributed by atoms with van der Waals surface area (Å²) in [5, 5.41) is 4.25. The summed E-state index contributed by atoms with van der Waals surface area (Å²) in [6.07, 6.45) is 5.59. The highest BCUT2D eigenvalue weighted by atomic mass is 16.5. The molecule has 4 aliphatic rings. The Morgan fingerprint density at radius 2 is 1.83 bits per heavy atom. The van der Waals surface area contributed by atoms with Gasteiger partial charge in [0.05, 0.1) is 36.6 Å². The fourth-order valence-electron chi connectivity index (χ4n) is 8.59. The molecule has 2 amide bonds. The van der Waals surface area contributed by atoms with E-state index in [1.807, 2.05) is 30.1 Å². The molecule has 1 saturated heterocycles. The number of amides is 2. The largest absolute Gasteiger partial charge is 0.496 e. The van der Waals surface area contributed by atoms with Crippen LogP contribution in [0.2, 0.25) is 0 Å². The summed E-state index contributed by atoms with van der Waals surface area (Å²) < 4.78 is 16.3. The second-order valence-corrected chi connectivity index (χ2v) is 14.0. The van der Waals surface area contributed by atoms with Gasteiger partial charge in [0, 0.05) is 60.7 Å². The molecule has 3 fully saturated rings. The van der Waals surface area contributed by atoms with E-state index >= 15 is 0 Å². The number of piperidine rings is 1. The van der Waals surface area contributed by atoms with Crippen LogP contribution in [-0.4, -0.2) is 63.7 Å². The minimum absolute atomic E-state index is 0.00947. The molecule has 2 aliphatic carbocycles. The Balaban J connectivity index is 1.22. The summed E-state index contributed by atoms with van der Waals surface area (Å²) in [7, 11) is 5.34. The van der Waals surface area contributed by atoms with E-state index in [1.54, 1.807) is 14.2 Å². The number of carbonyl (C=O) groups excluding carboxylic acids is 2. The molecule has 2 saturated carbocycles. The first-order valence-corrected chi connectivity index (χ1v) is 17.1. The van der Waals surface area contributed by atoms with Gasteiger partial charge in [-0.25, -0.2) is 4.98 Å². The van der Waals surface area contributed by atoms with Gasteiger partial charge in [-0.15, -0.1) is 0 Å². The standard InChI is InChI=1S/C38H40N6O4/c1-42-36-26(15-24(17-30(36)48-3)38(46)44-19-23-9-12-27(44)33(23)39)40-37(42)28-16-22-5-4-6-25(35(22)43(28)18-20-7-8-20)32-29(47-2)13-10-21-11-14-31(45)41-34(21)32/h4-6,10,13,15-17,20,23,27,33H,7-9,11-12,14,18-19,39H2,1-3H3,(H,41,45)/t23-,27-,33-/m1/s1. The maximum atomic E-state index is 13.8. The number of para-hydroxylation sites is 1. The number of hydrogen-bond acceptors (Lipinski definition) is 6. The summed E-state index contributed by atoms with van der Waals surface area (Å²) in [5.74, 6) is 3.10. The van der Waals surface area contributed by atoms with Crippen LogP contribution in [0.15, 0.2) is 48.5 Å². The molecule has 2 bridgehead atoms. The predicted octanol–water partition coefficient (Wildman–Crippen LogP) is 5.74. The number of nitrogens with one attached hydrogen (secondary N) is 1. The van der Waals surface area contributed by atoms with E-state index in [4.69, 9.17) is 20.2 Å². The zero-order chi connectivity index (χ0) is 32.8. The van der Waals surface area contributed by atoms with Gasteiger partial charge in [0.25, 0.3) is 5.91 Å². The number of aryl methyl sites for hydroxylation is 2. The van der Waals surface area contributed by atoms with Gasteiger partial charge in [-0.3, -0.25) is 9.59 Å². The van der Waals surface area contributed by atoms with Crippen molar-refractivity contribution in [3.05, 3.63) is 59.7 Å². The maximum Gasteiger partial charge on any atom is 0.254 e. The van der Waals surface area contributed by atoms with Crippen LogP contribution >= 0.6 is 0 Å². The number of fused-ring (bicyclic) bond motifs is 5. The molecule has 2 aliphatic heterocycles. The van der Waals surface area contributed by atoms with E-state index in [1.165, 1.54) is 12.8 Å². The van der Waals surface area contributed by atoms with Crippen LogP contribution < -0.4 is 20.5 Å². The van der Waals surface area contributed by atoms with Crippen molar-refractivity contribution in [3.8, 4) is 34.1 Å². The highest BCUT2D eigenvalue weighted by molar-refractivity contribution is 6.07. The average molecular weight is 645 g/mol. The molecule has 48 heavy (non-hydrogen) atoms. The van der Waals surface area contributed by atoms with E-state index in [0.717, 1.165) is 75.5 Å². The van der Waals surface area contributed by atoms with Crippen LogP contribution in [0, 0.1) is 11.8 Å². The number of nitrogens with zero attached hydrogens (tertiary/aromatic N) is 4. The van der Waals surface area contributed by atoms with Gasteiger partial charge in [-0.2, -0.15) is 0 Å². The molecular weight excluding hydrogens is 604 g/mol. The van der Waals surface area contributed by atoms with Crippen molar-refractivity contribution in [3.63, 3.8) is 0 Å². The molecule has 0 spiro atoms. The molecule has 3 atom stereocenters. The zero-order valence-corrected chi connectivity index (χ0v) is 27.6. The molecule has 3 aromatic carbocycles. The van der Waals surface area contributed by atoms with E-state index in [2.05, 4.69) is 44.8 Å². The second-order valence-electron chi connectivity index (χ2n) is 14.0. The van der Waals surface area contributed by atoms with Crippen molar-refractivity contribution in [2.75, 3.05) is 26.1 Å². The van der Waals surface area contributed by atoms with E-state index in [-0.39, 0.29) is 23.9 Å². The lowest BCUT2D eigenvalue weighted by Crippen LogP contribution is -2.41. The first kappa shape index (κ1) is 29.3. The van der Waals surface area contributed by atoms with Crippen molar-refractivity contribution >= 4 is 39.4 Å². The van der Waals surface area contributed by atoms with Crippen LogP contribution in [0.1, 0.15) is 48.0 Å². The van der Waals surface area contributed by atoms with E-state index < -0.39 is 0 Å². The number of nitrogens with two attached hydrogens (primary N) is 1. The summed E-state index contributed by atoms with van der Waals surface area (Å²) in [4.78, 5) is 33.6. The Hall–Kier alpha value is -4.83. The van der Waals surface area contributed by atoms with Crippen LogP contribution in [0.25, 0.3) is 44.6 Å². The number of rotatable bonds is 7. The minimum atomic E-state index is -0.00947. The van der Waals surface area contributed by atoms with Crippen molar-refractivity contribution in [2.24, 2.45) is 24.6 Å². The highest BCUT2D eigenvalue weighted by Gasteiger charge is 2.47. The summed E-state index contributed by atoms with van der Waals surface area (Å²) >= 11 is 0. The topological polar surface area (TPSA) is 117 Å². The highest BCUT2D eigenvalue weighted by Crippen LogP contribution is 2.47. The fraction of sp³-hybridized carbons (Fsp3) is 0.395. The molecule has 5 aromatic rings. The van der Waals surface area contributed by atoms with Crippen molar-refractivity contribution < 1.29 is 19.1 Å². The monoisotopic (exact) mass is 644 g/mol. The molecule has 246 valence electrons. The Bertz CT molecular complexity index is 2160. The SMILES string of the molecule is COc1ccc2c(c1-c1cccc3cc(-c4nc5cc(C(=O)N6C[C@H]7CC[C@@H]6[C@@H]7N)cc(OC)c5n4C)n(CC4CC4)c13)NC(=O)CC2. The second kappa shape index (κ2) is 10.8. The van der Waals surface area contributed by atoms with Gasteiger partial charge >= 0.3 is 0 Å². The molecule has 9 rings (SSSR count). The van der Waals surface area contributed by atoms with Gasteiger partial charge in [-0.05, 0) is 73.8 Å². The molecule has 0 unspecified atom stereocenters. The van der Waals surface area contributed by atoms with Crippen LogP contribution in [0.4, 0.5) is 5.69 Å². The van der Waals surface area contributed by atoms with Gasteiger partial charge in [-0.1, -0.05) is 24.3 Å². The first-order valence-electron chi connectivity index (χ1n) is 17.1. The number of benzene rings is 3. The van der Waals surface area contributed by atoms with Crippen molar-refractivity contribution in [2.45, 2.75) is 57.2 Å². The summed E-state index contributed by atoms with van der Waals surface area (Å²) in [5.41, 5.74) is 14.5. The molecule has 2 aromatic heterocycles. The number of ether oxygens (including phenoxy) is 2. The number of methoxy groups -OCH3 is 2. The van der Waals surface area contributed by atoms with Gasteiger partial charge in [0.1, 0.15) is 17.0 Å². The van der Waals surface area contributed by atoms with Crippen LogP contribution in [-0.2, 0) is 24.8 Å². The maximum absolute atomic E-state index is 13.8. The number of carbonyl (C=O) groups is 2. The predicted molar refractivity (Wildman–Crippen MR) is 185 cm³/mol. The first-order chi connectivity index (χ1) is 23.3. The third-order valence-electron chi connectivity index (χ3n) is 11.2. The number of hydrogen-bond donors (Lipinski definition) is 2. The van der Waals surface area contributed by atoms with Gasteiger partial charge in [0.15, 0.2) is 5.82 Å². The molecule has 0 radical (unpaired) electrons. The zero-order valence-electron chi connectivity index (χ0n) is 27.6. The number of imidazole rings is 1. The Morgan fingerprint density at radius 1 is 1.00 bits per heavy atom. The normalized spacial score (nSPS) is 21.6. The Morgan fingerprint density at radius 3 is 2.56 bits per heavy atom. The van der Waals surface area contributed by atoms with Crippen LogP contribution in [0.3, 0.4) is 0 Å². The average Bonchev–Trinajstić information content (AvgIpc) is 3.48. The minimum Gasteiger partial charge on any atom is -0.496 e. The molecule has 4 heterocycles. The van der Waals surface area contributed by atoms with Gasteiger partial charge < -0.3 is 34.6 Å². The van der Waals surface area contributed by atoms with Crippen molar-refractivity contribution in [1.29, 1.82) is 0 Å². The molecule has 3 N–H and O–H groups in total. The van der Waals surface area contributed by atoms with E-state index in [9.17, 15) is 9.59 Å². The smallest absolute Gasteiger partial charge is 0.254 e. The lowest BCUT2D eigenvalue weighted by molar-refractivity contribution is -0.116. The third kappa shape index (κ3) is 4.38. The van der Waals surface area contributed by atoms with Crippen molar-refractivity contribution in [1.82, 2.24) is 19.0 Å². The number of likely N-dealkylation sites (tertiary alicyclic amines) is 1. The summed E-state index contributed by atoms with van der Waals surface area (Å²) in [6, 6.07) is 16.5. The molecular formula is C38H40N6O4. The lowest BCUT2D eigenvalue weighted by Gasteiger charge is -2.27. The lowest BCUT2D eigenvalue weighted by atomic mass is 9.93. The van der Waals surface area contributed by atoms with E-state index in [0.29, 0.717) is 48.1 Å². The Labute approximate surface area is 278 Å². The molecule has 10 heteroatoms. The fourth-order valence-corrected chi connectivity index (χ4v) is 8.59. The van der Waals surface area contributed by atoms with Crippen LogP contribution in [0.5, 0.6) is 11.5 Å². The Kier molecular flexibility index (Phi) is 6.63. The number of aromatic nitrogens is 3. The third-order valence-corrected chi connectivity index (χ3v) is 11.2.